The summed E-state index contributed by atoms with van der Waals surface area (Å²) in [4.78, 5) is 41.9. The van der Waals surface area contributed by atoms with Gasteiger partial charge < -0.3 is 19.3 Å². The van der Waals surface area contributed by atoms with Gasteiger partial charge in [-0.05, 0) is 12.8 Å². The van der Waals surface area contributed by atoms with Crippen molar-refractivity contribution in [1.82, 2.24) is 0 Å². The van der Waals surface area contributed by atoms with Gasteiger partial charge in [-0.2, -0.15) is 0 Å². The molecule has 0 aromatic carbocycles. The Hall–Kier alpha value is -0.950. The van der Waals surface area contributed by atoms with Crippen LogP contribution in [-0.2, 0) is 28.2 Å². The fraction of sp³-hybridized carbons (Fsp3) is 0.917. The van der Waals surface area contributed by atoms with Gasteiger partial charge in [0, 0.05) is 12.8 Å². The lowest BCUT2D eigenvalue weighted by Gasteiger charge is -2.18. The van der Waals surface area contributed by atoms with Crippen molar-refractivity contribution in [2.75, 3.05) is 13.2 Å². The lowest BCUT2D eigenvalue weighted by molar-refractivity contribution is -0.161. The molecule has 0 amide bonds. The molecular formula is C24H47O8P. The van der Waals surface area contributed by atoms with Crippen LogP contribution in [0.25, 0.3) is 0 Å². The second-order valence-corrected chi connectivity index (χ2v) is 9.92. The van der Waals surface area contributed by atoms with E-state index in [0.29, 0.717) is 6.42 Å². The Kier molecular flexibility index (Phi) is 21.0. The van der Waals surface area contributed by atoms with E-state index in [4.69, 9.17) is 19.3 Å². The Labute approximate surface area is 200 Å². The molecule has 0 aliphatic rings. The molecule has 33 heavy (non-hydrogen) atoms. The van der Waals surface area contributed by atoms with Gasteiger partial charge >= 0.3 is 19.8 Å². The maximum absolute atomic E-state index is 12.1. The average Bonchev–Trinajstić information content (AvgIpc) is 2.76. The molecule has 0 unspecified atom stereocenters. The monoisotopic (exact) mass is 494 g/mol. The summed E-state index contributed by atoms with van der Waals surface area (Å²) in [6, 6.07) is 0. The van der Waals surface area contributed by atoms with Gasteiger partial charge in [0.1, 0.15) is 6.61 Å². The van der Waals surface area contributed by atoms with E-state index in [2.05, 4.69) is 18.4 Å². The first-order valence-corrected chi connectivity index (χ1v) is 14.4. The maximum Gasteiger partial charge on any atom is 0.469 e. The third-order valence-corrected chi connectivity index (χ3v) is 5.86. The number of carbonyl (C=O) groups is 2. The third kappa shape index (κ3) is 24.0. The highest BCUT2D eigenvalue weighted by atomic mass is 31.2. The van der Waals surface area contributed by atoms with Gasteiger partial charge in [-0.1, -0.05) is 97.3 Å². The normalized spacial score (nSPS) is 12.5. The molecule has 0 radical (unpaired) electrons. The molecule has 0 rings (SSSR count). The first kappa shape index (κ1) is 32.0. The van der Waals surface area contributed by atoms with E-state index in [0.717, 1.165) is 38.5 Å². The first-order chi connectivity index (χ1) is 15.8. The van der Waals surface area contributed by atoms with Crippen LogP contribution in [0.3, 0.4) is 0 Å². The maximum atomic E-state index is 12.1. The largest absolute Gasteiger partial charge is 0.469 e. The molecule has 0 aromatic heterocycles. The van der Waals surface area contributed by atoms with Crippen molar-refractivity contribution in [2.24, 2.45) is 0 Å². The van der Waals surface area contributed by atoms with E-state index in [1.54, 1.807) is 0 Å². The summed E-state index contributed by atoms with van der Waals surface area (Å²) in [6.45, 7) is 3.54. The third-order valence-electron chi connectivity index (χ3n) is 5.38. The van der Waals surface area contributed by atoms with E-state index in [1.807, 2.05) is 0 Å². The predicted octanol–water partition coefficient (Wildman–Crippen LogP) is 6.22. The van der Waals surface area contributed by atoms with Crippen molar-refractivity contribution in [3.63, 3.8) is 0 Å². The Morgan fingerprint density at radius 2 is 1.09 bits per heavy atom. The smallest absolute Gasteiger partial charge is 0.462 e. The molecule has 0 spiro atoms. The molecule has 0 heterocycles. The van der Waals surface area contributed by atoms with E-state index < -0.39 is 32.5 Å². The van der Waals surface area contributed by atoms with Crippen molar-refractivity contribution < 1.29 is 37.9 Å². The van der Waals surface area contributed by atoms with Gasteiger partial charge in [-0.3, -0.25) is 14.1 Å². The molecule has 8 nitrogen and oxygen atoms in total. The zero-order chi connectivity index (χ0) is 24.8. The topological polar surface area (TPSA) is 119 Å². The fourth-order valence-electron chi connectivity index (χ4n) is 3.43. The molecule has 0 aliphatic heterocycles. The number of rotatable bonds is 23. The van der Waals surface area contributed by atoms with E-state index in [1.165, 1.54) is 51.4 Å². The van der Waals surface area contributed by atoms with Crippen LogP contribution in [0.5, 0.6) is 0 Å². The number of phosphoric acid groups is 1. The second kappa shape index (κ2) is 21.6. The number of carbonyl (C=O) groups excluding carboxylic acids is 2. The van der Waals surface area contributed by atoms with Crippen LogP contribution in [-0.4, -0.2) is 41.0 Å². The van der Waals surface area contributed by atoms with Crippen LogP contribution in [0.2, 0.25) is 0 Å². The van der Waals surface area contributed by atoms with Crippen molar-refractivity contribution in [1.29, 1.82) is 0 Å². The average molecular weight is 495 g/mol. The Morgan fingerprint density at radius 3 is 1.55 bits per heavy atom. The van der Waals surface area contributed by atoms with Crippen LogP contribution >= 0.6 is 7.82 Å². The van der Waals surface area contributed by atoms with Crippen LogP contribution in [0.1, 0.15) is 123 Å². The highest BCUT2D eigenvalue weighted by Gasteiger charge is 2.22. The SMILES string of the molecule is CCCCCCCCCCC(=O)OC[C@H](COP(=O)(O)O)OC(=O)CCCCCCCCC. The van der Waals surface area contributed by atoms with Crippen molar-refractivity contribution in [2.45, 2.75) is 129 Å². The van der Waals surface area contributed by atoms with Crippen LogP contribution < -0.4 is 0 Å². The Bertz CT molecular complexity index is 535. The highest BCUT2D eigenvalue weighted by molar-refractivity contribution is 7.46. The zero-order valence-corrected chi connectivity index (χ0v) is 21.7. The van der Waals surface area contributed by atoms with E-state index in [-0.39, 0.29) is 19.4 Å². The van der Waals surface area contributed by atoms with E-state index in [9.17, 15) is 14.2 Å². The number of unbranched alkanes of at least 4 members (excludes halogenated alkanes) is 13. The minimum Gasteiger partial charge on any atom is -0.462 e. The minimum atomic E-state index is -4.72. The van der Waals surface area contributed by atoms with Crippen LogP contribution in [0.4, 0.5) is 0 Å². The minimum absolute atomic E-state index is 0.215. The summed E-state index contributed by atoms with van der Waals surface area (Å²) >= 11 is 0. The standard InChI is InChI=1S/C24H47O8P/c1-3-5-7-9-11-13-14-16-18-23(25)30-20-22(21-31-33(27,28)29)32-24(26)19-17-15-12-10-8-6-4-2/h22H,3-21H2,1-2H3,(H2,27,28,29)/t22-/m1/s1. The van der Waals surface area contributed by atoms with Crippen molar-refractivity contribution >= 4 is 19.8 Å². The second-order valence-electron chi connectivity index (χ2n) is 8.68. The molecular weight excluding hydrogens is 447 g/mol. The van der Waals surface area contributed by atoms with Gasteiger partial charge in [0.15, 0.2) is 6.10 Å². The molecule has 0 bridgehead atoms. The summed E-state index contributed by atoms with van der Waals surface area (Å²) < 4.78 is 25.9. The van der Waals surface area contributed by atoms with Crippen molar-refractivity contribution in [3.8, 4) is 0 Å². The Morgan fingerprint density at radius 1 is 0.667 bits per heavy atom. The number of phosphoric ester groups is 1. The molecule has 0 aliphatic carbocycles. The summed E-state index contributed by atoms with van der Waals surface area (Å²) in [7, 11) is -4.72. The number of esters is 2. The summed E-state index contributed by atoms with van der Waals surface area (Å²) in [5.74, 6) is -0.896. The highest BCUT2D eigenvalue weighted by Crippen LogP contribution is 2.35. The molecule has 1 atom stereocenters. The fourth-order valence-corrected chi connectivity index (χ4v) is 3.79. The van der Waals surface area contributed by atoms with Crippen molar-refractivity contribution in [3.05, 3.63) is 0 Å². The van der Waals surface area contributed by atoms with Crippen LogP contribution in [0, 0.1) is 0 Å². The molecule has 2 N–H and O–H groups in total. The Balaban J connectivity index is 4.14. The van der Waals surface area contributed by atoms with E-state index >= 15 is 0 Å². The lowest BCUT2D eigenvalue weighted by atomic mass is 10.1. The quantitative estimate of drug-likeness (QED) is 0.0975. The molecule has 0 saturated heterocycles. The number of hydrogen-bond acceptors (Lipinski definition) is 6. The van der Waals surface area contributed by atoms with Gasteiger partial charge in [0.25, 0.3) is 0 Å². The zero-order valence-electron chi connectivity index (χ0n) is 20.8. The van der Waals surface area contributed by atoms with Gasteiger partial charge in [-0.25, -0.2) is 4.57 Å². The molecule has 0 fully saturated rings. The molecule has 0 saturated carbocycles. The first-order valence-electron chi connectivity index (χ1n) is 12.8. The van der Waals surface area contributed by atoms with Gasteiger partial charge in [-0.15, -0.1) is 0 Å². The lowest BCUT2D eigenvalue weighted by Crippen LogP contribution is -2.29. The summed E-state index contributed by atoms with van der Waals surface area (Å²) in [5.41, 5.74) is 0. The number of ether oxygens (including phenoxy) is 2. The molecule has 196 valence electrons. The van der Waals surface area contributed by atoms with Gasteiger partial charge in [0.05, 0.1) is 6.61 Å². The predicted molar refractivity (Wildman–Crippen MR) is 129 cm³/mol. The number of hydrogen-bond donors (Lipinski definition) is 2. The summed E-state index contributed by atoms with van der Waals surface area (Å²) in [5, 5.41) is 0. The van der Waals surface area contributed by atoms with Crippen LogP contribution in [0.15, 0.2) is 0 Å². The molecule has 9 heteroatoms. The van der Waals surface area contributed by atoms with Gasteiger partial charge in [0.2, 0.25) is 0 Å². The molecule has 0 aromatic rings. The summed E-state index contributed by atoms with van der Waals surface area (Å²) in [6.07, 6.45) is 15.8.